The van der Waals surface area contributed by atoms with Gasteiger partial charge >= 0.3 is 0 Å². The summed E-state index contributed by atoms with van der Waals surface area (Å²) in [4.78, 5) is 0. The van der Waals surface area contributed by atoms with E-state index < -0.39 is 5.82 Å². The fraction of sp³-hybridized carbons (Fsp3) is 0.433. The third-order valence-corrected chi connectivity index (χ3v) is 7.36. The van der Waals surface area contributed by atoms with Gasteiger partial charge in [0.2, 0.25) is 0 Å². The molecule has 0 aliphatic heterocycles. The molecule has 32 heavy (non-hydrogen) atoms. The highest BCUT2D eigenvalue weighted by Gasteiger charge is 2.22. The summed E-state index contributed by atoms with van der Waals surface area (Å²) >= 11 is 0. The Bertz CT molecular complexity index is 1070. The third-order valence-electron chi connectivity index (χ3n) is 7.36. The normalized spacial score (nSPS) is 18.5. The van der Waals surface area contributed by atoms with Crippen LogP contribution >= 0.6 is 0 Å². The van der Waals surface area contributed by atoms with E-state index in [0.717, 1.165) is 30.1 Å². The summed E-state index contributed by atoms with van der Waals surface area (Å²) in [6.45, 7) is 2.29. The molecule has 166 valence electrons. The van der Waals surface area contributed by atoms with Gasteiger partial charge in [-0.15, -0.1) is 0 Å². The van der Waals surface area contributed by atoms with Crippen LogP contribution in [0.5, 0.6) is 0 Å². The standard InChI is InChI=1S/C30H34FN/c1-2-3-4-5-22-8-13-25(14-9-22)26-15-10-23(11-16-26)6-7-24-12-19-29-27(20-24)17-18-28(21-32)30(29)31/h10-12,15-20,22,25H,2-9,13-14H2,1H3. The quantitative estimate of drug-likeness (QED) is 0.331. The molecule has 0 atom stereocenters. The molecule has 0 bridgehead atoms. The first-order valence-corrected chi connectivity index (χ1v) is 12.4. The summed E-state index contributed by atoms with van der Waals surface area (Å²) in [5.74, 6) is 1.28. The summed E-state index contributed by atoms with van der Waals surface area (Å²) in [6, 6.07) is 20.4. The molecule has 3 aromatic carbocycles. The molecule has 0 saturated heterocycles. The molecule has 0 aromatic heterocycles. The second-order valence-electron chi connectivity index (χ2n) is 9.55. The molecule has 0 heterocycles. The van der Waals surface area contributed by atoms with Crippen LogP contribution in [-0.2, 0) is 12.8 Å². The highest BCUT2D eigenvalue weighted by molar-refractivity contribution is 5.85. The maximum atomic E-state index is 14.3. The molecule has 1 fully saturated rings. The number of nitrogens with zero attached hydrogens (tertiary/aromatic N) is 1. The van der Waals surface area contributed by atoms with E-state index in [1.165, 1.54) is 68.1 Å². The minimum Gasteiger partial charge on any atom is -0.205 e. The van der Waals surface area contributed by atoms with Gasteiger partial charge in [0.25, 0.3) is 0 Å². The number of halogens is 1. The summed E-state index contributed by atoms with van der Waals surface area (Å²) in [7, 11) is 0. The molecule has 0 amide bonds. The van der Waals surface area contributed by atoms with Crippen LogP contribution in [0.2, 0.25) is 0 Å². The van der Waals surface area contributed by atoms with Gasteiger partial charge in [-0.05, 0) is 78.5 Å². The van der Waals surface area contributed by atoms with Crippen molar-refractivity contribution in [1.82, 2.24) is 0 Å². The van der Waals surface area contributed by atoms with Gasteiger partial charge in [0.1, 0.15) is 11.9 Å². The highest BCUT2D eigenvalue weighted by atomic mass is 19.1. The SMILES string of the molecule is CCCCCC1CCC(c2ccc(CCc3ccc4c(F)c(C#N)ccc4c3)cc2)CC1. The van der Waals surface area contributed by atoms with Crippen LogP contribution in [0.3, 0.4) is 0 Å². The second kappa shape index (κ2) is 10.8. The van der Waals surface area contributed by atoms with Crippen molar-refractivity contribution in [3.63, 3.8) is 0 Å². The van der Waals surface area contributed by atoms with E-state index in [-0.39, 0.29) is 5.56 Å². The lowest BCUT2D eigenvalue weighted by Gasteiger charge is -2.29. The Kier molecular flexibility index (Phi) is 7.59. The number of benzene rings is 3. The monoisotopic (exact) mass is 427 g/mol. The van der Waals surface area contributed by atoms with Gasteiger partial charge < -0.3 is 0 Å². The summed E-state index contributed by atoms with van der Waals surface area (Å²) < 4.78 is 14.3. The largest absolute Gasteiger partial charge is 0.205 e. The van der Waals surface area contributed by atoms with Crippen molar-refractivity contribution < 1.29 is 4.39 Å². The Hall–Kier alpha value is -2.66. The topological polar surface area (TPSA) is 23.8 Å². The summed E-state index contributed by atoms with van der Waals surface area (Å²) in [6.07, 6.45) is 12.9. The molecular formula is C30H34FN. The maximum absolute atomic E-state index is 14.3. The minimum atomic E-state index is -0.415. The molecule has 2 heteroatoms. The van der Waals surface area contributed by atoms with E-state index in [9.17, 15) is 4.39 Å². The van der Waals surface area contributed by atoms with E-state index in [1.807, 2.05) is 30.3 Å². The average Bonchev–Trinajstić information content (AvgIpc) is 2.84. The molecule has 4 rings (SSSR count). The average molecular weight is 428 g/mol. The smallest absolute Gasteiger partial charge is 0.148 e. The number of fused-ring (bicyclic) bond motifs is 1. The lowest BCUT2D eigenvalue weighted by Crippen LogP contribution is -2.13. The van der Waals surface area contributed by atoms with Crippen LogP contribution in [0.15, 0.2) is 54.6 Å². The predicted molar refractivity (Wildman–Crippen MR) is 131 cm³/mol. The molecule has 0 radical (unpaired) electrons. The zero-order chi connectivity index (χ0) is 22.3. The number of unbranched alkanes of at least 4 members (excludes halogenated alkanes) is 2. The first kappa shape index (κ1) is 22.5. The molecule has 0 spiro atoms. The number of hydrogen-bond donors (Lipinski definition) is 0. The van der Waals surface area contributed by atoms with Crippen LogP contribution in [0.1, 0.15) is 86.5 Å². The first-order chi connectivity index (χ1) is 15.7. The number of nitriles is 1. The van der Waals surface area contributed by atoms with E-state index in [4.69, 9.17) is 5.26 Å². The first-order valence-electron chi connectivity index (χ1n) is 12.4. The maximum Gasteiger partial charge on any atom is 0.148 e. The van der Waals surface area contributed by atoms with Crippen molar-refractivity contribution in [3.05, 3.63) is 82.7 Å². The summed E-state index contributed by atoms with van der Waals surface area (Å²) in [5, 5.41) is 10.4. The zero-order valence-corrected chi connectivity index (χ0v) is 19.2. The molecular weight excluding hydrogens is 393 g/mol. The van der Waals surface area contributed by atoms with Gasteiger partial charge in [0, 0.05) is 5.39 Å². The van der Waals surface area contributed by atoms with Gasteiger partial charge in [-0.25, -0.2) is 4.39 Å². The minimum absolute atomic E-state index is 0.107. The number of hydrogen-bond acceptors (Lipinski definition) is 1. The van der Waals surface area contributed by atoms with Crippen molar-refractivity contribution in [2.24, 2.45) is 5.92 Å². The predicted octanol–water partition coefficient (Wildman–Crippen LogP) is 8.49. The van der Waals surface area contributed by atoms with Gasteiger partial charge in [-0.2, -0.15) is 5.26 Å². The molecule has 1 nitrogen and oxygen atoms in total. The second-order valence-corrected chi connectivity index (χ2v) is 9.55. The number of aryl methyl sites for hydroxylation is 2. The van der Waals surface area contributed by atoms with Crippen molar-refractivity contribution in [1.29, 1.82) is 5.26 Å². The molecule has 0 N–H and O–H groups in total. The molecule has 1 aliphatic rings. The van der Waals surface area contributed by atoms with Crippen molar-refractivity contribution in [2.75, 3.05) is 0 Å². The number of rotatable bonds is 8. The van der Waals surface area contributed by atoms with Gasteiger partial charge in [-0.3, -0.25) is 0 Å². The van der Waals surface area contributed by atoms with E-state index in [2.05, 4.69) is 31.2 Å². The van der Waals surface area contributed by atoms with Gasteiger partial charge in [-0.1, -0.05) is 81.1 Å². The van der Waals surface area contributed by atoms with Crippen LogP contribution in [0.25, 0.3) is 10.8 Å². The Morgan fingerprint density at radius 2 is 1.59 bits per heavy atom. The Balaban J connectivity index is 1.31. The third kappa shape index (κ3) is 5.39. The van der Waals surface area contributed by atoms with Crippen LogP contribution in [0.4, 0.5) is 4.39 Å². The van der Waals surface area contributed by atoms with Crippen LogP contribution < -0.4 is 0 Å². The Labute approximate surface area is 192 Å². The lowest BCUT2D eigenvalue weighted by molar-refractivity contribution is 0.303. The fourth-order valence-corrected chi connectivity index (χ4v) is 5.30. The van der Waals surface area contributed by atoms with Gasteiger partial charge in [0.15, 0.2) is 0 Å². The molecule has 1 aliphatic carbocycles. The van der Waals surface area contributed by atoms with Crippen molar-refractivity contribution in [2.45, 2.75) is 77.0 Å². The van der Waals surface area contributed by atoms with Gasteiger partial charge in [0.05, 0.1) is 5.56 Å². The van der Waals surface area contributed by atoms with E-state index in [1.54, 1.807) is 6.07 Å². The van der Waals surface area contributed by atoms with Crippen LogP contribution in [0, 0.1) is 23.1 Å². The van der Waals surface area contributed by atoms with E-state index in [0.29, 0.717) is 5.39 Å². The Morgan fingerprint density at radius 3 is 2.31 bits per heavy atom. The van der Waals surface area contributed by atoms with Crippen LogP contribution in [-0.4, -0.2) is 0 Å². The van der Waals surface area contributed by atoms with Crippen molar-refractivity contribution in [3.8, 4) is 6.07 Å². The van der Waals surface area contributed by atoms with Crippen molar-refractivity contribution >= 4 is 10.8 Å². The lowest BCUT2D eigenvalue weighted by atomic mass is 9.77. The molecule has 3 aromatic rings. The van der Waals surface area contributed by atoms with E-state index >= 15 is 0 Å². The Morgan fingerprint density at radius 1 is 0.875 bits per heavy atom. The molecule has 0 unspecified atom stereocenters. The fourth-order valence-electron chi connectivity index (χ4n) is 5.30. The zero-order valence-electron chi connectivity index (χ0n) is 19.2. The summed E-state index contributed by atoms with van der Waals surface area (Å²) in [5.41, 5.74) is 4.17. The highest BCUT2D eigenvalue weighted by Crippen LogP contribution is 2.37. The molecule has 1 saturated carbocycles.